The third kappa shape index (κ3) is 6.95. The Bertz CT molecular complexity index is 1170. The number of nitrogens with one attached hydrogen (secondary N) is 2. The van der Waals surface area contributed by atoms with Gasteiger partial charge in [0.15, 0.2) is 0 Å². The van der Waals surface area contributed by atoms with Gasteiger partial charge >= 0.3 is 6.09 Å². The van der Waals surface area contributed by atoms with Gasteiger partial charge in [-0.3, -0.25) is 9.59 Å². The van der Waals surface area contributed by atoms with Gasteiger partial charge in [-0.2, -0.15) is 0 Å². The van der Waals surface area contributed by atoms with Crippen LogP contribution in [-0.2, 0) is 14.3 Å². The number of ether oxygens (including phenoxy) is 1. The van der Waals surface area contributed by atoms with Crippen LogP contribution in [0.25, 0.3) is 10.4 Å². The number of hydrogen-bond acceptors (Lipinski definition) is 8. The summed E-state index contributed by atoms with van der Waals surface area (Å²) in [5, 5.41) is 26.0. The molecule has 0 radical (unpaired) electrons. The Morgan fingerprint density at radius 3 is 2.41 bits per heavy atom. The Morgan fingerprint density at radius 1 is 1.18 bits per heavy atom. The van der Waals surface area contributed by atoms with E-state index >= 15 is 0 Å². The fourth-order valence-electron chi connectivity index (χ4n) is 5.02. The minimum absolute atomic E-state index is 0.0111. The number of rotatable bonds is 8. The van der Waals surface area contributed by atoms with Crippen molar-refractivity contribution in [2.24, 2.45) is 5.92 Å². The first-order valence-corrected chi connectivity index (χ1v) is 14.2. The number of aliphatic hydroxyl groups excluding tert-OH is 2. The van der Waals surface area contributed by atoms with Gasteiger partial charge in [-0.05, 0) is 57.6 Å². The molecule has 2 aliphatic rings. The van der Waals surface area contributed by atoms with E-state index in [1.165, 1.54) is 4.90 Å². The molecule has 4 rings (SSSR count). The lowest BCUT2D eigenvalue weighted by molar-refractivity contribution is -0.142. The molecular weight excluding hydrogens is 520 g/mol. The van der Waals surface area contributed by atoms with Crippen LogP contribution in [-0.4, -0.2) is 74.9 Å². The van der Waals surface area contributed by atoms with Gasteiger partial charge in [0.1, 0.15) is 17.7 Å². The van der Waals surface area contributed by atoms with E-state index in [9.17, 15) is 24.6 Å². The quantitative estimate of drug-likeness (QED) is 0.390. The van der Waals surface area contributed by atoms with Gasteiger partial charge in [0.25, 0.3) is 0 Å². The molecule has 212 valence electrons. The first-order valence-electron chi connectivity index (χ1n) is 13.4. The molecule has 1 saturated heterocycles. The molecule has 1 saturated carbocycles. The van der Waals surface area contributed by atoms with Gasteiger partial charge < -0.3 is 30.5 Å². The number of amides is 3. The molecule has 2 aromatic rings. The van der Waals surface area contributed by atoms with Crippen molar-refractivity contribution in [2.45, 2.75) is 83.2 Å². The lowest BCUT2D eigenvalue weighted by Crippen LogP contribution is -2.57. The number of β-amino-alcohol motifs (C(OH)–C–C–N with tert-alkyl or cyclic N) is 1. The lowest BCUT2D eigenvalue weighted by atomic mass is 9.79. The number of carbonyl (C=O) groups excluding carboxylic acids is 3. The molecule has 4 N–H and O–H groups in total. The van der Waals surface area contributed by atoms with Crippen molar-refractivity contribution >= 4 is 29.2 Å². The summed E-state index contributed by atoms with van der Waals surface area (Å²) < 4.78 is 5.37. The molecule has 0 unspecified atom stereocenters. The summed E-state index contributed by atoms with van der Waals surface area (Å²) in [5.41, 5.74) is 3.71. The summed E-state index contributed by atoms with van der Waals surface area (Å²) in [6, 6.07) is 5.08. The highest BCUT2D eigenvalue weighted by Gasteiger charge is 2.45. The number of likely N-dealkylation sites (tertiary alicyclic amines) is 1. The van der Waals surface area contributed by atoms with Gasteiger partial charge in [0, 0.05) is 13.0 Å². The fraction of sp³-hybridized carbons (Fsp3) is 0.571. The molecule has 4 atom stereocenters. The molecule has 10 nitrogen and oxygen atoms in total. The number of benzene rings is 1. The average Bonchev–Trinajstić information content (AvgIpc) is 3.44. The lowest BCUT2D eigenvalue weighted by Gasteiger charge is -2.37. The van der Waals surface area contributed by atoms with Crippen molar-refractivity contribution in [3.8, 4) is 10.4 Å². The van der Waals surface area contributed by atoms with Gasteiger partial charge in [-0.1, -0.05) is 30.7 Å². The molecule has 1 aliphatic carbocycles. The van der Waals surface area contributed by atoms with Gasteiger partial charge in [0.2, 0.25) is 11.8 Å². The van der Waals surface area contributed by atoms with Crippen LogP contribution >= 0.6 is 11.3 Å². The van der Waals surface area contributed by atoms with Crippen LogP contribution in [0.15, 0.2) is 29.8 Å². The number of aliphatic hydroxyl groups is 2. The number of hydrogen-bond donors (Lipinski definition) is 4. The maximum absolute atomic E-state index is 13.7. The molecule has 3 amide bonds. The second kappa shape index (κ2) is 12.0. The Morgan fingerprint density at radius 2 is 1.87 bits per heavy atom. The highest BCUT2D eigenvalue weighted by atomic mass is 32.1. The first-order chi connectivity index (χ1) is 18.5. The molecule has 1 aromatic carbocycles. The maximum Gasteiger partial charge on any atom is 0.408 e. The molecule has 39 heavy (non-hydrogen) atoms. The standard InChI is InChI=1S/C28H38N4O6S/c1-16-24(39-15-29-16)19-10-8-17(9-11-19)21(14-33)30-25(35)22-12-20(34)13-32(22)26(36)23(18-6-5-7-18)31-27(37)38-28(2,3)4/h8-11,15,18,20-23,33-34H,5-7,12-14H2,1-4H3,(H,30,35)(H,31,37)/t20-,21+,22+,23+/m1/s1. The molecule has 1 aromatic heterocycles. The highest BCUT2D eigenvalue weighted by molar-refractivity contribution is 7.13. The van der Waals surface area contributed by atoms with Crippen LogP contribution in [0.3, 0.4) is 0 Å². The predicted molar refractivity (Wildman–Crippen MR) is 147 cm³/mol. The van der Waals surface area contributed by atoms with E-state index in [2.05, 4.69) is 15.6 Å². The largest absolute Gasteiger partial charge is 0.444 e. The number of nitrogens with zero attached hydrogens (tertiary/aromatic N) is 2. The zero-order valence-electron chi connectivity index (χ0n) is 22.8. The minimum atomic E-state index is -0.927. The van der Waals surface area contributed by atoms with Crippen molar-refractivity contribution in [1.82, 2.24) is 20.5 Å². The SMILES string of the molecule is Cc1ncsc1-c1ccc([C@H](CO)NC(=O)[C@@H]2C[C@@H](O)CN2C(=O)[C@@H](NC(=O)OC(C)(C)C)C2CCC2)cc1. The van der Waals surface area contributed by atoms with Crippen LogP contribution in [0, 0.1) is 12.8 Å². The Hall–Kier alpha value is -3.02. The Labute approximate surface area is 232 Å². The van der Waals surface area contributed by atoms with E-state index in [0.29, 0.717) is 5.56 Å². The summed E-state index contributed by atoms with van der Waals surface area (Å²) in [4.78, 5) is 46.2. The topological polar surface area (TPSA) is 141 Å². The second-order valence-corrected chi connectivity index (χ2v) is 12.2. The maximum atomic E-state index is 13.7. The van der Waals surface area contributed by atoms with Gasteiger partial charge in [-0.15, -0.1) is 11.3 Å². The monoisotopic (exact) mass is 558 g/mol. The molecule has 0 spiro atoms. The molecule has 11 heteroatoms. The number of thiazole rings is 1. The summed E-state index contributed by atoms with van der Waals surface area (Å²) in [7, 11) is 0. The average molecular weight is 559 g/mol. The Kier molecular flexibility index (Phi) is 8.93. The van der Waals surface area contributed by atoms with E-state index in [1.54, 1.807) is 37.6 Å². The number of carbonyl (C=O) groups is 3. The normalized spacial score (nSPS) is 21.1. The molecule has 2 heterocycles. The van der Waals surface area contributed by atoms with Crippen LogP contribution in [0.4, 0.5) is 4.79 Å². The van der Waals surface area contributed by atoms with E-state index in [4.69, 9.17) is 4.74 Å². The summed E-state index contributed by atoms with van der Waals surface area (Å²) in [6.07, 6.45) is 1.03. The number of alkyl carbamates (subject to hydrolysis) is 1. The van der Waals surface area contributed by atoms with Crippen molar-refractivity contribution in [3.05, 3.63) is 41.0 Å². The Balaban J connectivity index is 1.46. The van der Waals surface area contributed by atoms with Crippen LogP contribution in [0.2, 0.25) is 0 Å². The fourth-order valence-corrected chi connectivity index (χ4v) is 5.83. The predicted octanol–water partition coefficient (Wildman–Crippen LogP) is 2.92. The minimum Gasteiger partial charge on any atom is -0.444 e. The smallest absolute Gasteiger partial charge is 0.408 e. The molecular formula is C28H38N4O6S. The van der Waals surface area contributed by atoms with E-state index < -0.39 is 47.7 Å². The third-order valence-electron chi connectivity index (χ3n) is 7.24. The van der Waals surface area contributed by atoms with E-state index in [-0.39, 0.29) is 25.5 Å². The highest BCUT2D eigenvalue weighted by Crippen LogP contribution is 2.33. The molecule has 0 bridgehead atoms. The van der Waals surface area contributed by atoms with Gasteiger partial charge in [-0.25, -0.2) is 9.78 Å². The number of aromatic nitrogens is 1. The summed E-state index contributed by atoms with van der Waals surface area (Å²) in [5.74, 6) is -0.935. The van der Waals surface area contributed by atoms with E-state index in [1.807, 2.05) is 31.2 Å². The summed E-state index contributed by atoms with van der Waals surface area (Å²) >= 11 is 1.54. The zero-order valence-corrected chi connectivity index (χ0v) is 23.7. The number of aryl methyl sites for hydroxylation is 1. The second-order valence-electron chi connectivity index (χ2n) is 11.3. The van der Waals surface area contributed by atoms with Crippen molar-refractivity contribution < 1.29 is 29.3 Å². The van der Waals surface area contributed by atoms with Crippen LogP contribution < -0.4 is 10.6 Å². The summed E-state index contributed by atoms with van der Waals surface area (Å²) in [6.45, 7) is 6.83. The zero-order chi connectivity index (χ0) is 28.3. The molecule has 2 fully saturated rings. The van der Waals surface area contributed by atoms with Crippen LogP contribution in [0.5, 0.6) is 0 Å². The third-order valence-corrected chi connectivity index (χ3v) is 8.22. The van der Waals surface area contributed by atoms with Crippen molar-refractivity contribution in [1.29, 1.82) is 0 Å². The van der Waals surface area contributed by atoms with E-state index in [0.717, 1.165) is 35.4 Å². The van der Waals surface area contributed by atoms with Crippen molar-refractivity contribution in [3.63, 3.8) is 0 Å². The van der Waals surface area contributed by atoms with Gasteiger partial charge in [0.05, 0.1) is 34.8 Å². The van der Waals surface area contributed by atoms with Crippen molar-refractivity contribution in [2.75, 3.05) is 13.2 Å². The molecule has 1 aliphatic heterocycles. The van der Waals surface area contributed by atoms with Crippen LogP contribution in [0.1, 0.15) is 63.8 Å². The first kappa shape index (κ1) is 29.0.